The summed E-state index contributed by atoms with van der Waals surface area (Å²) in [6.45, 7) is 4.85. The van der Waals surface area contributed by atoms with Gasteiger partial charge in [0.2, 0.25) is 0 Å². The van der Waals surface area contributed by atoms with Gasteiger partial charge in [-0.1, -0.05) is 19.1 Å². The average Bonchev–Trinajstić information content (AvgIpc) is 2.62. The summed E-state index contributed by atoms with van der Waals surface area (Å²) in [5.41, 5.74) is 1.43. The summed E-state index contributed by atoms with van der Waals surface area (Å²) < 4.78 is 6.88. The molecule has 2 aromatic carbocycles. The topological polar surface area (TPSA) is 56.2 Å². The fraction of sp³-hybridized carbons (Fsp3) is 0.263. The lowest BCUT2D eigenvalue weighted by molar-refractivity contribution is 0.414. The quantitative estimate of drug-likeness (QED) is 0.784. The van der Waals surface area contributed by atoms with E-state index in [4.69, 9.17) is 9.72 Å². The second-order valence-corrected chi connectivity index (χ2v) is 5.61. The zero-order valence-corrected chi connectivity index (χ0v) is 14.1. The molecule has 5 nitrogen and oxygen atoms in total. The smallest absolute Gasteiger partial charge is 0.266 e. The van der Waals surface area contributed by atoms with Crippen molar-refractivity contribution in [2.75, 3.05) is 13.7 Å². The second kappa shape index (κ2) is 6.84. The lowest BCUT2D eigenvalue weighted by atomic mass is 10.2. The normalized spacial score (nSPS) is 12.3. The Morgan fingerprint density at radius 1 is 1.17 bits per heavy atom. The molecule has 24 heavy (non-hydrogen) atoms. The predicted molar refractivity (Wildman–Crippen MR) is 96.0 cm³/mol. The van der Waals surface area contributed by atoms with Crippen molar-refractivity contribution in [3.8, 4) is 11.4 Å². The van der Waals surface area contributed by atoms with E-state index in [1.165, 1.54) is 0 Å². The fourth-order valence-electron chi connectivity index (χ4n) is 2.82. The lowest BCUT2D eigenvalue weighted by Gasteiger charge is -2.19. The molecule has 124 valence electrons. The number of ether oxygens (including phenoxy) is 1. The largest absolute Gasteiger partial charge is 0.497 e. The van der Waals surface area contributed by atoms with E-state index >= 15 is 0 Å². The van der Waals surface area contributed by atoms with Crippen LogP contribution >= 0.6 is 0 Å². The van der Waals surface area contributed by atoms with Gasteiger partial charge in [-0.25, -0.2) is 4.98 Å². The van der Waals surface area contributed by atoms with Crippen LogP contribution in [0.25, 0.3) is 16.6 Å². The van der Waals surface area contributed by atoms with Crippen LogP contribution in [-0.2, 0) is 0 Å². The van der Waals surface area contributed by atoms with E-state index in [-0.39, 0.29) is 11.6 Å². The van der Waals surface area contributed by atoms with Crippen LogP contribution < -0.4 is 15.6 Å². The highest BCUT2D eigenvalue weighted by molar-refractivity contribution is 5.77. The van der Waals surface area contributed by atoms with Crippen molar-refractivity contribution in [1.82, 2.24) is 14.9 Å². The minimum Gasteiger partial charge on any atom is -0.497 e. The Labute approximate surface area is 140 Å². The molecule has 3 rings (SSSR count). The van der Waals surface area contributed by atoms with E-state index in [1.54, 1.807) is 11.7 Å². The highest BCUT2D eigenvalue weighted by Crippen LogP contribution is 2.20. The molecule has 0 fully saturated rings. The summed E-state index contributed by atoms with van der Waals surface area (Å²) in [5.74, 6) is 1.45. The van der Waals surface area contributed by atoms with E-state index in [0.29, 0.717) is 16.7 Å². The Morgan fingerprint density at radius 3 is 2.54 bits per heavy atom. The Kier molecular flexibility index (Phi) is 4.62. The van der Waals surface area contributed by atoms with Crippen molar-refractivity contribution in [3.63, 3.8) is 0 Å². The zero-order valence-electron chi connectivity index (χ0n) is 14.1. The summed E-state index contributed by atoms with van der Waals surface area (Å²) in [6, 6.07) is 14.8. The van der Waals surface area contributed by atoms with Crippen LogP contribution in [0.1, 0.15) is 25.7 Å². The lowest BCUT2D eigenvalue weighted by Crippen LogP contribution is -2.30. The van der Waals surface area contributed by atoms with E-state index in [0.717, 1.165) is 18.0 Å². The van der Waals surface area contributed by atoms with Crippen molar-refractivity contribution < 1.29 is 4.74 Å². The number of methoxy groups -OCH3 is 1. The Bertz CT molecular complexity index is 901. The number of aromatic nitrogens is 2. The van der Waals surface area contributed by atoms with Crippen molar-refractivity contribution in [1.29, 1.82) is 0 Å². The van der Waals surface area contributed by atoms with Gasteiger partial charge in [-0.3, -0.25) is 9.36 Å². The van der Waals surface area contributed by atoms with Crippen LogP contribution in [0.3, 0.4) is 0 Å². The molecule has 0 spiro atoms. The summed E-state index contributed by atoms with van der Waals surface area (Å²) in [6.07, 6.45) is 0. The molecule has 0 aliphatic rings. The predicted octanol–water partition coefficient (Wildman–Crippen LogP) is 3.06. The minimum absolute atomic E-state index is 0.0468. The third-order valence-electron chi connectivity index (χ3n) is 4.03. The molecule has 0 aliphatic heterocycles. The van der Waals surface area contributed by atoms with E-state index < -0.39 is 0 Å². The molecule has 0 aliphatic carbocycles. The van der Waals surface area contributed by atoms with Crippen molar-refractivity contribution in [2.45, 2.75) is 19.9 Å². The van der Waals surface area contributed by atoms with Gasteiger partial charge in [0.15, 0.2) is 0 Å². The molecule has 0 bridgehead atoms. The number of rotatable bonds is 5. The fourth-order valence-corrected chi connectivity index (χ4v) is 2.82. The monoisotopic (exact) mass is 323 g/mol. The van der Waals surface area contributed by atoms with Crippen LogP contribution in [0.15, 0.2) is 53.3 Å². The van der Waals surface area contributed by atoms with Gasteiger partial charge in [0.1, 0.15) is 11.6 Å². The van der Waals surface area contributed by atoms with Gasteiger partial charge in [0.25, 0.3) is 5.56 Å². The standard InChI is InChI=1S/C19H21N3O2/c1-4-20-13(2)18-21-17-8-6-5-7-16(17)19(23)22(18)14-9-11-15(24-3)12-10-14/h5-13,20H,4H2,1-3H3. The Morgan fingerprint density at radius 2 is 1.88 bits per heavy atom. The molecule has 5 heteroatoms. The maximum atomic E-state index is 13.1. The molecule has 0 saturated carbocycles. The number of nitrogens with one attached hydrogen (secondary N) is 1. The van der Waals surface area contributed by atoms with Crippen LogP contribution in [0, 0.1) is 0 Å². The number of nitrogens with zero attached hydrogens (tertiary/aromatic N) is 2. The molecule has 1 N–H and O–H groups in total. The molecule has 1 atom stereocenters. The Hall–Kier alpha value is -2.66. The van der Waals surface area contributed by atoms with Gasteiger partial charge < -0.3 is 10.1 Å². The number of benzene rings is 2. The third kappa shape index (κ3) is 2.90. The summed E-state index contributed by atoms with van der Waals surface area (Å²) >= 11 is 0. The van der Waals surface area contributed by atoms with Crippen LogP contribution in [-0.4, -0.2) is 23.2 Å². The molecule has 1 unspecified atom stereocenters. The van der Waals surface area contributed by atoms with E-state index in [2.05, 4.69) is 5.32 Å². The SMILES string of the molecule is CCNC(C)c1nc2ccccc2c(=O)n1-c1ccc(OC)cc1. The molecule has 0 radical (unpaired) electrons. The minimum atomic E-state index is -0.0643. The van der Waals surface area contributed by atoms with Crippen molar-refractivity contribution in [2.24, 2.45) is 0 Å². The van der Waals surface area contributed by atoms with Gasteiger partial charge >= 0.3 is 0 Å². The highest BCUT2D eigenvalue weighted by atomic mass is 16.5. The van der Waals surface area contributed by atoms with Gasteiger partial charge in [-0.15, -0.1) is 0 Å². The van der Waals surface area contributed by atoms with Gasteiger partial charge in [-0.05, 0) is 49.9 Å². The summed E-state index contributed by atoms with van der Waals surface area (Å²) in [7, 11) is 1.62. The van der Waals surface area contributed by atoms with Crippen molar-refractivity contribution >= 4 is 10.9 Å². The molecular formula is C19H21N3O2. The first-order chi connectivity index (χ1) is 11.7. The first-order valence-corrected chi connectivity index (χ1v) is 8.05. The van der Waals surface area contributed by atoms with Crippen LogP contribution in [0.2, 0.25) is 0 Å². The maximum absolute atomic E-state index is 13.1. The molecule has 1 aromatic heterocycles. The van der Waals surface area contributed by atoms with Crippen LogP contribution in [0.4, 0.5) is 0 Å². The van der Waals surface area contributed by atoms with E-state index in [9.17, 15) is 4.79 Å². The molecule has 3 aromatic rings. The number of fused-ring (bicyclic) bond motifs is 1. The molecule has 1 heterocycles. The van der Waals surface area contributed by atoms with Gasteiger partial charge in [0.05, 0.1) is 29.7 Å². The highest BCUT2D eigenvalue weighted by Gasteiger charge is 2.17. The first kappa shape index (κ1) is 16.2. The molecule has 0 saturated heterocycles. The summed E-state index contributed by atoms with van der Waals surface area (Å²) in [5, 5.41) is 3.95. The van der Waals surface area contributed by atoms with Gasteiger partial charge in [-0.2, -0.15) is 0 Å². The van der Waals surface area contributed by atoms with Crippen molar-refractivity contribution in [3.05, 3.63) is 64.7 Å². The van der Waals surface area contributed by atoms with Crippen LogP contribution in [0.5, 0.6) is 5.75 Å². The second-order valence-electron chi connectivity index (χ2n) is 5.61. The zero-order chi connectivity index (χ0) is 17.1. The number of para-hydroxylation sites is 1. The molecule has 0 amide bonds. The third-order valence-corrected chi connectivity index (χ3v) is 4.03. The van der Waals surface area contributed by atoms with Gasteiger partial charge in [0, 0.05) is 0 Å². The molecular weight excluding hydrogens is 302 g/mol. The van der Waals surface area contributed by atoms with E-state index in [1.807, 2.05) is 62.4 Å². The Balaban J connectivity index is 2.27. The maximum Gasteiger partial charge on any atom is 0.266 e. The summed E-state index contributed by atoms with van der Waals surface area (Å²) in [4.78, 5) is 17.8. The average molecular weight is 323 g/mol. The number of hydrogen-bond donors (Lipinski definition) is 1. The first-order valence-electron chi connectivity index (χ1n) is 8.05. The number of hydrogen-bond acceptors (Lipinski definition) is 4.